The van der Waals surface area contributed by atoms with E-state index in [0.717, 1.165) is 0 Å². The van der Waals surface area contributed by atoms with Crippen molar-refractivity contribution in [1.29, 1.82) is 0 Å². The molecule has 1 heteroatoms. The van der Waals surface area contributed by atoms with Crippen LogP contribution in [0.5, 0.6) is 0 Å². The summed E-state index contributed by atoms with van der Waals surface area (Å²) >= 11 is 1.95. The molecule has 15 heavy (non-hydrogen) atoms. The van der Waals surface area contributed by atoms with Gasteiger partial charge in [-0.3, -0.25) is 0 Å². The van der Waals surface area contributed by atoms with Crippen LogP contribution in [0.15, 0.2) is 30.3 Å². The number of aryl methyl sites for hydroxylation is 1. The van der Waals surface area contributed by atoms with E-state index in [0.29, 0.717) is 0 Å². The Kier molecular flexibility index (Phi) is 2.14. The van der Waals surface area contributed by atoms with Gasteiger partial charge in [-0.2, -0.15) is 0 Å². The first-order valence-electron chi connectivity index (χ1n) is 5.54. The highest BCUT2D eigenvalue weighted by Gasteiger charge is 2.14. The molecule has 0 bridgehead atoms. The van der Waals surface area contributed by atoms with Crippen LogP contribution in [0.25, 0.3) is 15.7 Å². The maximum absolute atomic E-state index is 2.39. The molecule has 0 atom stereocenters. The number of hydrogen-bond donors (Lipinski definition) is 0. The van der Waals surface area contributed by atoms with Crippen molar-refractivity contribution >= 4 is 27.0 Å². The van der Waals surface area contributed by atoms with E-state index in [-0.39, 0.29) is 0 Å². The van der Waals surface area contributed by atoms with E-state index in [1.165, 1.54) is 39.8 Å². The minimum Gasteiger partial charge on any atom is -0.135 e. The van der Waals surface area contributed by atoms with Gasteiger partial charge in [-0.25, -0.2) is 0 Å². The summed E-state index contributed by atoms with van der Waals surface area (Å²) in [6, 6.07) is 8.79. The molecule has 0 spiro atoms. The van der Waals surface area contributed by atoms with Gasteiger partial charge in [0.25, 0.3) is 0 Å². The Bertz CT molecular complexity index is 531. The molecule has 0 fully saturated rings. The Morgan fingerprint density at radius 2 is 2.07 bits per heavy atom. The predicted molar refractivity (Wildman–Crippen MR) is 68.4 cm³/mol. The van der Waals surface area contributed by atoms with Gasteiger partial charge in [0.1, 0.15) is 0 Å². The summed E-state index contributed by atoms with van der Waals surface area (Å²) in [5, 5.41) is 1.48. The third-order valence-electron chi connectivity index (χ3n) is 3.14. The summed E-state index contributed by atoms with van der Waals surface area (Å²) in [4.78, 5) is 1.52. The highest BCUT2D eigenvalue weighted by atomic mass is 32.1. The van der Waals surface area contributed by atoms with Gasteiger partial charge >= 0.3 is 0 Å². The summed E-state index contributed by atoms with van der Waals surface area (Å²) in [6.07, 6.45) is 6.17. The Morgan fingerprint density at radius 3 is 3.00 bits per heavy atom. The highest BCUT2D eigenvalue weighted by molar-refractivity contribution is 7.20. The van der Waals surface area contributed by atoms with E-state index < -0.39 is 0 Å². The molecule has 0 saturated heterocycles. The largest absolute Gasteiger partial charge is 0.135 e. The van der Waals surface area contributed by atoms with Crippen molar-refractivity contribution in [3.63, 3.8) is 0 Å². The number of allylic oxidation sites excluding steroid dienone is 2. The van der Waals surface area contributed by atoms with E-state index in [1.807, 2.05) is 11.3 Å². The molecule has 0 amide bonds. The maximum Gasteiger partial charge on any atom is 0.0352 e. The molecule has 0 unspecified atom stereocenters. The monoisotopic (exact) mass is 214 g/mol. The highest BCUT2D eigenvalue weighted by Crippen LogP contribution is 2.38. The summed E-state index contributed by atoms with van der Waals surface area (Å²) in [7, 11) is 0. The van der Waals surface area contributed by atoms with Gasteiger partial charge in [-0.1, -0.05) is 24.3 Å². The van der Waals surface area contributed by atoms with Crippen molar-refractivity contribution in [3.05, 3.63) is 40.8 Å². The van der Waals surface area contributed by atoms with Crippen LogP contribution in [0.1, 0.15) is 30.2 Å². The standard InChI is InChI=1S/C14H14S/c1-10-6-2-3-8-12-11-7-4-5-9-13(11)15-14(10)12/h4-7,9H,2-3,8H2,1H3. The van der Waals surface area contributed by atoms with Crippen LogP contribution in [0.2, 0.25) is 0 Å². The Morgan fingerprint density at radius 1 is 1.20 bits per heavy atom. The molecule has 76 valence electrons. The van der Waals surface area contributed by atoms with Crippen LogP contribution >= 0.6 is 11.3 Å². The van der Waals surface area contributed by atoms with Crippen LogP contribution in [0, 0.1) is 0 Å². The topological polar surface area (TPSA) is 0 Å². The number of thiophene rings is 1. The number of fused-ring (bicyclic) bond motifs is 3. The van der Waals surface area contributed by atoms with Crippen molar-refractivity contribution in [2.45, 2.75) is 26.2 Å². The second kappa shape index (κ2) is 3.49. The molecular formula is C14H14S. The van der Waals surface area contributed by atoms with Gasteiger partial charge in [0.15, 0.2) is 0 Å². The van der Waals surface area contributed by atoms with E-state index >= 15 is 0 Å². The molecule has 2 aromatic rings. The fourth-order valence-electron chi connectivity index (χ4n) is 2.36. The molecule has 1 aromatic carbocycles. The molecule has 0 aliphatic heterocycles. The maximum atomic E-state index is 2.39. The van der Waals surface area contributed by atoms with Crippen LogP contribution in [-0.2, 0) is 6.42 Å². The lowest BCUT2D eigenvalue weighted by Gasteiger charge is -1.99. The van der Waals surface area contributed by atoms with E-state index in [4.69, 9.17) is 0 Å². The lowest BCUT2D eigenvalue weighted by Crippen LogP contribution is -1.83. The second-order valence-electron chi connectivity index (χ2n) is 4.19. The lowest BCUT2D eigenvalue weighted by molar-refractivity contribution is 0.858. The molecule has 1 aliphatic rings. The summed E-state index contributed by atoms with van der Waals surface area (Å²) in [6.45, 7) is 2.25. The van der Waals surface area contributed by atoms with Crippen molar-refractivity contribution in [1.82, 2.24) is 0 Å². The first kappa shape index (κ1) is 9.17. The van der Waals surface area contributed by atoms with Gasteiger partial charge in [0.05, 0.1) is 0 Å². The molecular weight excluding hydrogens is 200 g/mol. The average Bonchev–Trinajstić information content (AvgIpc) is 2.54. The van der Waals surface area contributed by atoms with Gasteiger partial charge in [0.2, 0.25) is 0 Å². The second-order valence-corrected chi connectivity index (χ2v) is 5.24. The van der Waals surface area contributed by atoms with Gasteiger partial charge < -0.3 is 0 Å². The molecule has 3 rings (SSSR count). The van der Waals surface area contributed by atoms with Crippen molar-refractivity contribution in [2.75, 3.05) is 0 Å². The van der Waals surface area contributed by atoms with E-state index in [2.05, 4.69) is 37.3 Å². The minimum atomic E-state index is 1.24. The smallest absolute Gasteiger partial charge is 0.0352 e. The average molecular weight is 214 g/mol. The Hall–Kier alpha value is -1.08. The Balaban J connectivity index is 2.34. The number of benzene rings is 1. The third-order valence-corrected chi connectivity index (χ3v) is 4.49. The quantitative estimate of drug-likeness (QED) is 0.599. The van der Waals surface area contributed by atoms with Gasteiger partial charge in [0, 0.05) is 9.58 Å². The Labute approximate surface area is 94.2 Å². The summed E-state index contributed by atoms with van der Waals surface area (Å²) in [5.74, 6) is 0. The van der Waals surface area contributed by atoms with Crippen LogP contribution in [-0.4, -0.2) is 0 Å². The van der Waals surface area contributed by atoms with Crippen LogP contribution < -0.4 is 0 Å². The van der Waals surface area contributed by atoms with E-state index in [1.54, 1.807) is 5.56 Å². The normalized spacial score (nSPS) is 15.9. The zero-order chi connectivity index (χ0) is 10.3. The minimum absolute atomic E-state index is 1.24. The van der Waals surface area contributed by atoms with Crippen molar-refractivity contribution < 1.29 is 0 Å². The fraction of sp³-hybridized carbons (Fsp3) is 0.286. The molecule has 0 saturated carbocycles. The SMILES string of the molecule is CC1=CCCCc2c1sc1ccccc21. The van der Waals surface area contributed by atoms with Crippen LogP contribution in [0.4, 0.5) is 0 Å². The number of rotatable bonds is 0. The summed E-state index contributed by atoms with van der Waals surface area (Å²) < 4.78 is 1.44. The predicted octanol–water partition coefficient (Wildman–Crippen LogP) is 4.64. The molecule has 0 N–H and O–H groups in total. The molecule has 0 nitrogen and oxygen atoms in total. The van der Waals surface area contributed by atoms with Crippen LogP contribution in [0.3, 0.4) is 0 Å². The molecule has 1 aliphatic carbocycles. The lowest BCUT2D eigenvalue weighted by atomic mass is 10.1. The van der Waals surface area contributed by atoms with Gasteiger partial charge in [-0.05, 0) is 48.8 Å². The van der Waals surface area contributed by atoms with Crippen molar-refractivity contribution in [3.8, 4) is 0 Å². The zero-order valence-electron chi connectivity index (χ0n) is 8.92. The first-order chi connectivity index (χ1) is 7.36. The fourth-order valence-corrected chi connectivity index (χ4v) is 3.60. The third kappa shape index (κ3) is 1.42. The number of hydrogen-bond acceptors (Lipinski definition) is 1. The van der Waals surface area contributed by atoms with Crippen molar-refractivity contribution in [2.24, 2.45) is 0 Å². The molecule has 0 radical (unpaired) electrons. The van der Waals surface area contributed by atoms with E-state index in [9.17, 15) is 0 Å². The first-order valence-corrected chi connectivity index (χ1v) is 6.35. The molecule has 1 heterocycles. The summed E-state index contributed by atoms with van der Waals surface area (Å²) in [5.41, 5.74) is 3.06. The van der Waals surface area contributed by atoms with Gasteiger partial charge in [-0.15, -0.1) is 11.3 Å². The zero-order valence-corrected chi connectivity index (χ0v) is 9.73. The molecule has 1 aromatic heterocycles.